The van der Waals surface area contributed by atoms with Crippen LogP contribution >= 0.6 is 0 Å². The molecule has 0 fully saturated rings. The Labute approximate surface area is 65.0 Å². The Morgan fingerprint density at radius 1 is 1.45 bits per heavy atom. The molecule has 11 heavy (non-hydrogen) atoms. The minimum Gasteiger partial charge on any atom is -0.507 e. The van der Waals surface area contributed by atoms with Crippen molar-refractivity contribution in [3.05, 3.63) is 29.8 Å². The van der Waals surface area contributed by atoms with Crippen LogP contribution in [0.2, 0.25) is 0 Å². The molecule has 1 aromatic rings. The van der Waals surface area contributed by atoms with Crippen molar-refractivity contribution in [3.63, 3.8) is 0 Å². The maximum absolute atomic E-state index is 9.22. The molecule has 0 aromatic heterocycles. The standard InChI is InChI=1S/C8H10N2O/c9-5-7(10)6-3-1-2-4-8(6)11/h1-4,10-11H,5,9H2. The zero-order chi connectivity index (χ0) is 8.27. The van der Waals surface area contributed by atoms with Gasteiger partial charge in [-0.15, -0.1) is 0 Å². The van der Waals surface area contributed by atoms with Crippen molar-refractivity contribution in [2.75, 3.05) is 6.54 Å². The van der Waals surface area contributed by atoms with E-state index in [-0.39, 0.29) is 18.0 Å². The van der Waals surface area contributed by atoms with Crippen molar-refractivity contribution in [1.82, 2.24) is 0 Å². The van der Waals surface area contributed by atoms with Gasteiger partial charge in [0.25, 0.3) is 0 Å². The van der Waals surface area contributed by atoms with E-state index in [0.29, 0.717) is 5.56 Å². The molecular formula is C8H10N2O. The number of phenols is 1. The Bertz CT molecular complexity index is 271. The summed E-state index contributed by atoms with van der Waals surface area (Å²) >= 11 is 0. The summed E-state index contributed by atoms with van der Waals surface area (Å²) in [4.78, 5) is 0. The number of para-hydroxylation sites is 1. The minimum atomic E-state index is 0.114. The van der Waals surface area contributed by atoms with E-state index in [0.717, 1.165) is 0 Å². The predicted octanol–water partition coefficient (Wildman–Crippen LogP) is 0.719. The number of nitrogens with two attached hydrogens (primary N) is 1. The monoisotopic (exact) mass is 150 g/mol. The van der Waals surface area contributed by atoms with E-state index in [1.165, 1.54) is 0 Å². The Hall–Kier alpha value is -1.35. The van der Waals surface area contributed by atoms with Gasteiger partial charge in [-0.05, 0) is 12.1 Å². The number of rotatable bonds is 2. The van der Waals surface area contributed by atoms with Crippen LogP contribution in [0.25, 0.3) is 0 Å². The van der Waals surface area contributed by atoms with Crippen molar-refractivity contribution in [2.45, 2.75) is 0 Å². The molecule has 4 N–H and O–H groups in total. The van der Waals surface area contributed by atoms with Crippen molar-refractivity contribution in [1.29, 1.82) is 5.41 Å². The summed E-state index contributed by atoms with van der Waals surface area (Å²) < 4.78 is 0. The van der Waals surface area contributed by atoms with Gasteiger partial charge in [0, 0.05) is 12.1 Å². The molecule has 0 heterocycles. The lowest BCUT2D eigenvalue weighted by molar-refractivity contribution is 0.474. The molecule has 0 amide bonds. The summed E-state index contributed by atoms with van der Waals surface area (Å²) in [7, 11) is 0. The largest absolute Gasteiger partial charge is 0.507 e. The second-order valence-corrected chi connectivity index (χ2v) is 2.20. The Morgan fingerprint density at radius 2 is 2.09 bits per heavy atom. The molecule has 0 radical (unpaired) electrons. The maximum atomic E-state index is 9.22. The maximum Gasteiger partial charge on any atom is 0.124 e. The van der Waals surface area contributed by atoms with E-state index in [4.69, 9.17) is 11.1 Å². The number of benzene rings is 1. The molecule has 0 saturated carbocycles. The highest BCUT2D eigenvalue weighted by molar-refractivity contribution is 6.01. The number of hydrogen-bond acceptors (Lipinski definition) is 3. The van der Waals surface area contributed by atoms with Gasteiger partial charge in [-0.2, -0.15) is 0 Å². The van der Waals surface area contributed by atoms with Gasteiger partial charge in [0.1, 0.15) is 5.75 Å². The van der Waals surface area contributed by atoms with Crippen LogP contribution in [0, 0.1) is 5.41 Å². The van der Waals surface area contributed by atoms with E-state index in [1.807, 2.05) is 0 Å². The SMILES string of the molecule is N=C(CN)c1ccccc1O. The van der Waals surface area contributed by atoms with Crippen LogP contribution in [0.4, 0.5) is 0 Å². The highest BCUT2D eigenvalue weighted by Gasteiger charge is 2.02. The molecule has 1 rings (SSSR count). The number of aromatic hydroxyl groups is 1. The zero-order valence-electron chi connectivity index (χ0n) is 6.04. The smallest absolute Gasteiger partial charge is 0.124 e. The lowest BCUT2D eigenvalue weighted by Crippen LogP contribution is -2.13. The summed E-state index contributed by atoms with van der Waals surface area (Å²) in [5.74, 6) is 0.114. The molecule has 0 aliphatic heterocycles. The topological polar surface area (TPSA) is 70.1 Å². The van der Waals surface area contributed by atoms with Crippen LogP contribution in [0.5, 0.6) is 5.75 Å². The molecule has 3 nitrogen and oxygen atoms in total. The summed E-state index contributed by atoms with van der Waals surface area (Å²) in [6.45, 7) is 0.150. The lowest BCUT2D eigenvalue weighted by Gasteiger charge is -2.02. The summed E-state index contributed by atoms with van der Waals surface area (Å²) in [5, 5.41) is 16.5. The first kappa shape index (κ1) is 7.75. The first-order chi connectivity index (χ1) is 5.25. The molecule has 0 aliphatic rings. The van der Waals surface area contributed by atoms with Crippen LogP contribution < -0.4 is 5.73 Å². The van der Waals surface area contributed by atoms with Crippen LogP contribution in [0.15, 0.2) is 24.3 Å². The molecule has 1 aromatic carbocycles. The fraction of sp³-hybridized carbons (Fsp3) is 0.125. The lowest BCUT2D eigenvalue weighted by atomic mass is 10.1. The average Bonchev–Trinajstić information content (AvgIpc) is 2.04. The van der Waals surface area contributed by atoms with Crippen molar-refractivity contribution in [2.24, 2.45) is 5.73 Å². The van der Waals surface area contributed by atoms with Crippen molar-refractivity contribution < 1.29 is 5.11 Å². The molecule has 3 heteroatoms. The second kappa shape index (κ2) is 3.16. The molecular weight excluding hydrogens is 140 g/mol. The number of hydrogen-bond donors (Lipinski definition) is 3. The van der Waals surface area contributed by atoms with Crippen molar-refractivity contribution >= 4 is 5.71 Å². The number of phenolic OH excluding ortho intramolecular Hbond substituents is 1. The van der Waals surface area contributed by atoms with Crippen LogP contribution in [-0.4, -0.2) is 17.4 Å². The van der Waals surface area contributed by atoms with E-state index >= 15 is 0 Å². The first-order valence-corrected chi connectivity index (χ1v) is 3.31. The Kier molecular flexibility index (Phi) is 2.23. The van der Waals surface area contributed by atoms with Crippen LogP contribution in [-0.2, 0) is 0 Å². The quantitative estimate of drug-likeness (QED) is 0.543. The van der Waals surface area contributed by atoms with Gasteiger partial charge < -0.3 is 16.2 Å². The summed E-state index contributed by atoms with van der Waals surface area (Å²) in [6.07, 6.45) is 0. The van der Waals surface area contributed by atoms with E-state index < -0.39 is 0 Å². The first-order valence-electron chi connectivity index (χ1n) is 3.31. The van der Waals surface area contributed by atoms with Gasteiger partial charge in [0.2, 0.25) is 0 Å². The van der Waals surface area contributed by atoms with E-state index in [1.54, 1.807) is 24.3 Å². The van der Waals surface area contributed by atoms with Gasteiger partial charge in [0.05, 0.1) is 5.71 Å². The Balaban J connectivity index is 3.03. The third kappa shape index (κ3) is 1.56. The van der Waals surface area contributed by atoms with Gasteiger partial charge in [-0.3, -0.25) is 0 Å². The second-order valence-electron chi connectivity index (χ2n) is 2.20. The summed E-state index contributed by atoms with van der Waals surface area (Å²) in [6, 6.07) is 6.69. The highest BCUT2D eigenvalue weighted by Crippen LogP contribution is 2.14. The van der Waals surface area contributed by atoms with Gasteiger partial charge in [0.15, 0.2) is 0 Å². The molecule has 0 unspecified atom stereocenters. The number of nitrogens with one attached hydrogen (secondary N) is 1. The van der Waals surface area contributed by atoms with Gasteiger partial charge >= 0.3 is 0 Å². The fourth-order valence-electron chi connectivity index (χ4n) is 0.839. The van der Waals surface area contributed by atoms with Gasteiger partial charge in [-0.25, -0.2) is 0 Å². The predicted molar refractivity (Wildman–Crippen MR) is 44.0 cm³/mol. The minimum absolute atomic E-state index is 0.114. The average molecular weight is 150 g/mol. The summed E-state index contributed by atoms with van der Waals surface area (Å²) in [5.41, 5.74) is 6.00. The third-order valence-electron chi connectivity index (χ3n) is 1.43. The molecule has 0 atom stereocenters. The van der Waals surface area contributed by atoms with Gasteiger partial charge in [-0.1, -0.05) is 12.1 Å². The van der Waals surface area contributed by atoms with E-state index in [9.17, 15) is 5.11 Å². The normalized spacial score (nSPS) is 9.55. The molecule has 58 valence electrons. The van der Waals surface area contributed by atoms with Crippen LogP contribution in [0.1, 0.15) is 5.56 Å². The van der Waals surface area contributed by atoms with E-state index in [2.05, 4.69) is 0 Å². The molecule has 0 aliphatic carbocycles. The highest BCUT2D eigenvalue weighted by atomic mass is 16.3. The Morgan fingerprint density at radius 3 is 2.64 bits per heavy atom. The molecule has 0 spiro atoms. The van der Waals surface area contributed by atoms with Crippen molar-refractivity contribution in [3.8, 4) is 5.75 Å². The van der Waals surface area contributed by atoms with Crippen LogP contribution in [0.3, 0.4) is 0 Å². The molecule has 0 bridgehead atoms. The fourth-order valence-corrected chi connectivity index (χ4v) is 0.839. The zero-order valence-corrected chi connectivity index (χ0v) is 6.04. The molecule has 0 saturated heterocycles. The third-order valence-corrected chi connectivity index (χ3v) is 1.43.